The van der Waals surface area contributed by atoms with Crippen LogP contribution in [-0.2, 0) is 0 Å². The number of furan rings is 1. The molecule has 1 nitrogen and oxygen atoms in total. The highest BCUT2D eigenvalue weighted by molar-refractivity contribution is 7.16. The lowest BCUT2D eigenvalue weighted by Crippen LogP contribution is -1.85. The lowest BCUT2D eigenvalue weighted by molar-refractivity contribution is 0.564. The van der Waals surface area contributed by atoms with Gasteiger partial charge < -0.3 is 4.42 Å². The molecule has 68 valence electrons. The molecule has 1 atom stereocenters. The molecule has 0 N–H and O–H groups in total. The van der Waals surface area contributed by atoms with Crippen LogP contribution in [0.3, 0.4) is 0 Å². The van der Waals surface area contributed by atoms with Gasteiger partial charge in [0, 0.05) is 10.4 Å². The van der Waals surface area contributed by atoms with E-state index in [0.717, 1.165) is 14.8 Å². The van der Waals surface area contributed by atoms with E-state index < -0.39 is 0 Å². The average Bonchev–Trinajstić information content (AvgIpc) is 2.72. The molecule has 2 rings (SSSR count). The average molecular weight is 233 g/mol. The summed E-state index contributed by atoms with van der Waals surface area (Å²) in [6, 6.07) is 5.62. The van der Waals surface area contributed by atoms with Gasteiger partial charge in [0.15, 0.2) is 0 Å². The van der Waals surface area contributed by atoms with Crippen molar-refractivity contribution in [1.29, 1.82) is 0 Å². The van der Waals surface area contributed by atoms with Crippen molar-refractivity contribution in [2.45, 2.75) is 5.38 Å². The van der Waals surface area contributed by atoms with Gasteiger partial charge >= 0.3 is 0 Å². The number of rotatable bonds is 2. The molecule has 0 amide bonds. The molecule has 0 fully saturated rings. The van der Waals surface area contributed by atoms with Crippen molar-refractivity contribution in [2.24, 2.45) is 0 Å². The Bertz CT molecular complexity index is 380. The normalized spacial score (nSPS) is 13.1. The van der Waals surface area contributed by atoms with Crippen LogP contribution in [0.4, 0.5) is 0 Å². The third-order valence-corrected chi connectivity index (χ3v) is 3.59. The van der Waals surface area contributed by atoms with E-state index in [1.807, 2.05) is 18.2 Å². The number of hydrogen-bond donors (Lipinski definition) is 0. The molecule has 0 saturated heterocycles. The summed E-state index contributed by atoms with van der Waals surface area (Å²) in [6.07, 6.45) is 3.26. The summed E-state index contributed by atoms with van der Waals surface area (Å²) in [4.78, 5) is 1.04. The summed E-state index contributed by atoms with van der Waals surface area (Å²) >= 11 is 13.5. The third-order valence-electron chi connectivity index (χ3n) is 1.68. The number of hydrogen-bond acceptors (Lipinski definition) is 2. The van der Waals surface area contributed by atoms with Crippen molar-refractivity contribution in [3.05, 3.63) is 45.5 Å². The van der Waals surface area contributed by atoms with Crippen LogP contribution in [0.1, 0.15) is 15.8 Å². The van der Waals surface area contributed by atoms with Gasteiger partial charge in [-0.25, -0.2) is 0 Å². The largest absolute Gasteiger partial charge is 0.472 e. The predicted octanol–water partition coefficient (Wildman–Crippen LogP) is 4.32. The smallest absolute Gasteiger partial charge is 0.0959 e. The third kappa shape index (κ3) is 1.90. The topological polar surface area (TPSA) is 13.1 Å². The highest BCUT2D eigenvalue weighted by atomic mass is 35.5. The van der Waals surface area contributed by atoms with Crippen LogP contribution in [0.15, 0.2) is 35.1 Å². The Morgan fingerprint density at radius 1 is 1.31 bits per heavy atom. The van der Waals surface area contributed by atoms with Crippen LogP contribution in [0.5, 0.6) is 0 Å². The lowest BCUT2D eigenvalue weighted by atomic mass is 10.2. The fourth-order valence-electron chi connectivity index (χ4n) is 1.05. The predicted molar refractivity (Wildman–Crippen MR) is 55.7 cm³/mol. The first kappa shape index (κ1) is 9.13. The van der Waals surface area contributed by atoms with E-state index in [0.29, 0.717) is 0 Å². The van der Waals surface area contributed by atoms with Gasteiger partial charge in [0.1, 0.15) is 0 Å². The zero-order valence-corrected chi connectivity index (χ0v) is 8.86. The van der Waals surface area contributed by atoms with Crippen molar-refractivity contribution in [3.8, 4) is 0 Å². The van der Waals surface area contributed by atoms with E-state index in [1.54, 1.807) is 12.5 Å². The van der Waals surface area contributed by atoms with Crippen LogP contribution < -0.4 is 0 Å². The Balaban J connectivity index is 2.28. The lowest BCUT2D eigenvalue weighted by Gasteiger charge is -2.01. The maximum absolute atomic E-state index is 6.18. The number of halogens is 2. The van der Waals surface area contributed by atoms with Crippen molar-refractivity contribution in [1.82, 2.24) is 0 Å². The second-order valence-electron chi connectivity index (χ2n) is 2.56. The van der Waals surface area contributed by atoms with Gasteiger partial charge in [-0.3, -0.25) is 0 Å². The standard InChI is InChI=1S/C9H6Cl2OS/c10-8-2-1-7(13-8)9(11)6-3-4-12-5-6/h1-5,9H. The van der Waals surface area contributed by atoms with E-state index in [4.69, 9.17) is 27.6 Å². The van der Waals surface area contributed by atoms with Gasteiger partial charge in [0.2, 0.25) is 0 Å². The second-order valence-corrected chi connectivity index (χ2v) is 4.74. The van der Waals surface area contributed by atoms with Crippen LogP contribution in [-0.4, -0.2) is 0 Å². The first-order valence-corrected chi connectivity index (χ1v) is 5.32. The first-order chi connectivity index (χ1) is 6.27. The minimum absolute atomic E-state index is 0.156. The fraction of sp³-hybridized carbons (Fsp3) is 0.111. The maximum Gasteiger partial charge on any atom is 0.0959 e. The van der Waals surface area contributed by atoms with E-state index >= 15 is 0 Å². The fourth-order valence-corrected chi connectivity index (χ4v) is 2.45. The van der Waals surface area contributed by atoms with Crippen LogP contribution >= 0.6 is 34.5 Å². The van der Waals surface area contributed by atoms with Crippen molar-refractivity contribution < 1.29 is 4.42 Å². The summed E-state index contributed by atoms with van der Waals surface area (Å²) < 4.78 is 5.70. The Hall–Kier alpha value is -0.440. The molecule has 1 unspecified atom stereocenters. The molecular formula is C9H6Cl2OS. The Labute approximate surface area is 89.9 Å². The molecule has 2 heterocycles. The molecular weight excluding hydrogens is 227 g/mol. The van der Waals surface area contributed by atoms with Gasteiger partial charge in [0.25, 0.3) is 0 Å². The monoisotopic (exact) mass is 232 g/mol. The summed E-state index contributed by atoms with van der Waals surface area (Å²) in [5.41, 5.74) is 0.959. The van der Waals surface area contributed by atoms with E-state index in [1.165, 1.54) is 11.3 Å². The number of alkyl halides is 1. The van der Waals surface area contributed by atoms with Crippen molar-refractivity contribution in [2.75, 3.05) is 0 Å². The van der Waals surface area contributed by atoms with Gasteiger partial charge in [-0.15, -0.1) is 22.9 Å². The molecule has 0 radical (unpaired) electrons. The quantitative estimate of drug-likeness (QED) is 0.704. The highest BCUT2D eigenvalue weighted by Gasteiger charge is 2.13. The highest BCUT2D eigenvalue weighted by Crippen LogP contribution is 2.35. The Morgan fingerprint density at radius 3 is 2.69 bits per heavy atom. The van der Waals surface area contributed by atoms with Gasteiger partial charge in [-0.2, -0.15) is 0 Å². The second kappa shape index (κ2) is 3.74. The van der Waals surface area contributed by atoms with Gasteiger partial charge in [-0.05, 0) is 18.2 Å². The van der Waals surface area contributed by atoms with Gasteiger partial charge in [0.05, 0.1) is 22.2 Å². The van der Waals surface area contributed by atoms with Gasteiger partial charge in [-0.1, -0.05) is 11.6 Å². The summed E-state index contributed by atoms with van der Waals surface area (Å²) in [6.45, 7) is 0. The zero-order valence-electron chi connectivity index (χ0n) is 6.54. The molecule has 4 heteroatoms. The van der Waals surface area contributed by atoms with Crippen LogP contribution in [0.25, 0.3) is 0 Å². The minimum atomic E-state index is -0.156. The molecule has 0 bridgehead atoms. The molecule has 0 spiro atoms. The maximum atomic E-state index is 6.18. The Kier molecular flexibility index (Phi) is 2.63. The molecule has 2 aromatic rings. The summed E-state index contributed by atoms with van der Waals surface area (Å²) in [5, 5.41) is -0.156. The van der Waals surface area contributed by atoms with Crippen molar-refractivity contribution in [3.63, 3.8) is 0 Å². The molecule has 0 aromatic carbocycles. The molecule has 2 aromatic heterocycles. The van der Waals surface area contributed by atoms with E-state index in [2.05, 4.69) is 0 Å². The first-order valence-electron chi connectivity index (χ1n) is 3.69. The van der Waals surface area contributed by atoms with E-state index in [9.17, 15) is 0 Å². The molecule has 13 heavy (non-hydrogen) atoms. The summed E-state index contributed by atoms with van der Waals surface area (Å²) in [5.74, 6) is 0. The van der Waals surface area contributed by atoms with Crippen LogP contribution in [0.2, 0.25) is 4.34 Å². The number of thiophene rings is 1. The molecule has 0 aliphatic rings. The van der Waals surface area contributed by atoms with Crippen LogP contribution in [0, 0.1) is 0 Å². The molecule has 0 saturated carbocycles. The molecule has 0 aliphatic heterocycles. The van der Waals surface area contributed by atoms with E-state index in [-0.39, 0.29) is 5.38 Å². The zero-order chi connectivity index (χ0) is 9.26. The SMILES string of the molecule is Clc1ccc(C(Cl)c2ccoc2)s1. The van der Waals surface area contributed by atoms with Crippen molar-refractivity contribution >= 4 is 34.5 Å². The molecule has 0 aliphatic carbocycles. The summed E-state index contributed by atoms with van der Waals surface area (Å²) in [7, 11) is 0. The minimum Gasteiger partial charge on any atom is -0.472 e. The Morgan fingerprint density at radius 2 is 2.15 bits per heavy atom.